The average Bonchev–Trinajstić information content (AvgIpc) is 2.41. The van der Waals surface area contributed by atoms with Crippen molar-refractivity contribution in [1.82, 2.24) is 15.0 Å². The van der Waals surface area contributed by atoms with Crippen LogP contribution in [0.2, 0.25) is 0 Å². The first-order valence-corrected chi connectivity index (χ1v) is 8.43. The Morgan fingerprint density at radius 3 is 0.852 bits per heavy atom. The highest BCUT2D eigenvalue weighted by Gasteiger charge is 2.29. The first-order valence-electron chi connectivity index (χ1n) is 8.43. The minimum Gasteiger partial charge on any atom is -0.454 e. The molecular formula is C18H27N3O6. The Bertz CT molecular complexity index is 627. The van der Waals surface area contributed by atoms with Crippen LogP contribution in [0.5, 0.6) is 0 Å². The Morgan fingerprint density at radius 2 is 0.704 bits per heavy atom. The molecule has 150 valence electrons. The summed E-state index contributed by atoms with van der Waals surface area (Å²) in [6.45, 7) is 15.0. The van der Waals surface area contributed by atoms with Gasteiger partial charge in [-0.05, 0) is 62.3 Å². The fraction of sp³-hybridized carbons (Fsp3) is 0.667. The molecule has 0 aromatic carbocycles. The van der Waals surface area contributed by atoms with Gasteiger partial charge in [0.2, 0.25) is 17.5 Å². The van der Waals surface area contributed by atoms with Crippen molar-refractivity contribution in [3.63, 3.8) is 0 Å². The smallest absolute Gasteiger partial charge is 0.377 e. The average molecular weight is 381 g/mol. The second kappa shape index (κ2) is 7.58. The van der Waals surface area contributed by atoms with E-state index in [2.05, 4.69) is 15.0 Å². The molecule has 1 aromatic rings. The molecule has 0 bridgehead atoms. The minimum atomic E-state index is -0.903. The molecule has 1 heterocycles. The van der Waals surface area contributed by atoms with E-state index in [0.29, 0.717) is 0 Å². The van der Waals surface area contributed by atoms with Crippen LogP contribution in [0.15, 0.2) is 0 Å². The van der Waals surface area contributed by atoms with Gasteiger partial charge in [0.25, 0.3) is 0 Å². The molecule has 0 aliphatic carbocycles. The third-order valence-corrected chi connectivity index (χ3v) is 2.38. The van der Waals surface area contributed by atoms with E-state index in [-0.39, 0.29) is 0 Å². The van der Waals surface area contributed by atoms with Crippen molar-refractivity contribution < 1.29 is 28.6 Å². The molecule has 0 aliphatic heterocycles. The lowest BCUT2D eigenvalue weighted by molar-refractivity contribution is 0.00391. The number of hydrogen-bond acceptors (Lipinski definition) is 9. The lowest BCUT2D eigenvalue weighted by atomic mass is 10.2. The van der Waals surface area contributed by atoms with Gasteiger partial charge in [0.15, 0.2) is 0 Å². The number of esters is 3. The molecule has 0 radical (unpaired) electrons. The molecule has 0 amide bonds. The van der Waals surface area contributed by atoms with Crippen LogP contribution in [0, 0.1) is 0 Å². The van der Waals surface area contributed by atoms with Crippen molar-refractivity contribution in [1.29, 1.82) is 0 Å². The Balaban J connectivity index is 3.36. The third-order valence-electron chi connectivity index (χ3n) is 2.38. The van der Waals surface area contributed by atoms with Crippen LogP contribution in [0.25, 0.3) is 0 Å². The van der Waals surface area contributed by atoms with Crippen LogP contribution in [0.4, 0.5) is 0 Å². The Kier molecular flexibility index (Phi) is 6.30. The highest BCUT2D eigenvalue weighted by Crippen LogP contribution is 2.14. The zero-order valence-electron chi connectivity index (χ0n) is 17.3. The molecule has 0 atom stereocenters. The normalized spacial score (nSPS) is 12.3. The summed E-state index contributed by atoms with van der Waals surface area (Å²) in [6, 6.07) is 0. The van der Waals surface area contributed by atoms with Crippen molar-refractivity contribution in [2.75, 3.05) is 0 Å². The van der Waals surface area contributed by atoms with Gasteiger partial charge in [-0.15, -0.1) is 0 Å². The second-order valence-electron chi connectivity index (χ2n) is 8.81. The first kappa shape index (κ1) is 22.5. The number of nitrogens with zero attached hydrogens (tertiary/aromatic N) is 3. The minimum absolute atomic E-state index is 0.485. The molecule has 0 saturated carbocycles. The molecule has 0 N–H and O–H groups in total. The molecular weight excluding hydrogens is 354 g/mol. The van der Waals surface area contributed by atoms with E-state index < -0.39 is 52.2 Å². The standard InChI is InChI=1S/C18H27N3O6/c1-16(2,3)25-13(22)10-19-11(14(23)26-17(4,5)6)21-12(20-10)15(24)27-18(7,8)9/h1-9H3. The van der Waals surface area contributed by atoms with Gasteiger partial charge in [-0.3, -0.25) is 0 Å². The van der Waals surface area contributed by atoms with Gasteiger partial charge in [-0.2, -0.15) is 15.0 Å². The maximum Gasteiger partial charge on any atom is 0.377 e. The topological polar surface area (TPSA) is 118 Å². The third kappa shape index (κ3) is 8.10. The summed E-state index contributed by atoms with van der Waals surface area (Å²) in [6.07, 6.45) is 0. The zero-order chi connectivity index (χ0) is 21.2. The molecule has 0 fully saturated rings. The summed E-state index contributed by atoms with van der Waals surface area (Å²) < 4.78 is 15.6. The second-order valence-corrected chi connectivity index (χ2v) is 8.81. The van der Waals surface area contributed by atoms with Gasteiger partial charge in [-0.25, -0.2) is 14.4 Å². The van der Waals surface area contributed by atoms with Crippen LogP contribution < -0.4 is 0 Å². The van der Waals surface area contributed by atoms with E-state index in [1.807, 2.05) is 0 Å². The van der Waals surface area contributed by atoms with E-state index in [1.165, 1.54) is 0 Å². The van der Waals surface area contributed by atoms with Crippen molar-refractivity contribution in [3.05, 3.63) is 17.5 Å². The number of rotatable bonds is 3. The SMILES string of the molecule is CC(C)(C)OC(=O)c1nc(C(=O)OC(C)(C)C)nc(C(=O)OC(C)(C)C)n1. The molecule has 0 aliphatic rings. The van der Waals surface area contributed by atoms with Crippen LogP contribution in [0.3, 0.4) is 0 Å². The number of carbonyl (C=O) groups is 3. The monoisotopic (exact) mass is 381 g/mol. The maximum absolute atomic E-state index is 12.3. The predicted octanol–water partition coefficient (Wildman–Crippen LogP) is 2.74. The highest BCUT2D eigenvalue weighted by atomic mass is 16.6. The van der Waals surface area contributed by atoms with Crippen molar-refractivity contribution in [2.24, 2.45) is 0 Å². The molecule has 27 heavy (non-hydrogen) atoms. The van der Waals surface area contributed by atoms with Gasteiger partial charge in [-0.1, -0.05) is 0 Å². The quantitative estimate of drug-likeness (QED) is 0.575. The van der Waals surface area contributed by atoms with Crippen LogP contribution in [0.1, 0.15) is 94.2 Å². The molecule has 0 saturated heterocycles. The first-order chi connectivity index (χ1) is 12.0. The van der Waals surface area contributed by atoms with Crippen LogP contribution in [-0.4, -0.2) is 49.7 Å². The van der Waals surface area contributed by atoms with Crippen molar-refractivity contribution in [3.8, 4) is 0 Å². The van der Waals surface area contributed by atoms with E-state index in [9.17, 15) is 14.4 Å². The fourth-order valence-electron chi connectivity index (χ4n) is 1.62. The van der Waals surface area contributed by atoms with Gasteiger partial charge >= 0.3 is 17.9 Å². The largest absolute Gasteiger partial charge is 0.454 e. The molecule has 9 heteroatoms. The molecule has 1 aromatic heterocycles. The Morgan fingerprint density at radius 1 is 0.519 bits per heavy atom. The van der Waals surface area contributed by atoms with Crippen molar-refractivity contribution in [2.45, 2.75) is 79.1 Å². The highest BCUT2D eigenvalue weighted by molar-refractivity contribution is 5.92. The number of ether oxygens (including phenoxy) is 3. The van der Waals surface area contributed by atoms with Gasteiger partial charge in [0.05, 0.1) is 0 Å². The van der Waals surface area contributed by atoms with E-state index in [0.717, 1.165) is 0 Å². The summed E-state index contributed by atoms with van der Waals surface area (Å²) in [5.74, 6) is -4.16. The summed E-state index contributed by atoms with van der Waals surface area (Å²) in [5, 5.41) is 0. The molecule has 9 nitrogen and oxygen atoms in total. The van der Waals surface area contributed by atoms with Crippen LogP contribution in [-0.2, 0) is 14.2 Å². The molecule has 1 rings (SSSR count). The van der Waals surface area contributed by atoms with Gasteiger partial charge in [0, 0.05) is 0 Å². The van der Waals surface area contributed by atoms with E-state index >= 15 is 0 Å². The molecule has 0 unspecified atom stereocenters. The number of hydrogen-bond donors (Lipinski definition) is 0. The van der Waals surface area contributed by atoms with E-state index in [1.54, 1.807) is 62.3 Å². The lowest BCUT2D eigenvalue weighted by Gasteiger charge is -2.21. The Labute approximate surface area is 158 Å². The maximum atomic E-state index is 12.3. The van der Waals surface area contributed by atoms with Crippen molar-refractivity contribution >= 4 is 17.9 Å². The van der Waals surface area contributed by atoms with Crippen LogP contribution >= 0.6 is 0 Å². The summed E-state index contributed by atoms with van der Waals surface area (Å²) in [5.41, 5.74) is -2.45. The lowest BCUT2D eigenvalue weighted by Crippen LogP contribution is -2.31. The summed E-state index contributed by atoms with van der Waals surface area (Å²) in [7, 11) is 0. The van der Waals surface area contributed by atoms with E-state index in [4.69, 9.17) is 14.2 Å². The fourth-order valence-corrected chi connectivity index (χ4v) is 1.62. The number of aromatic nitrogens is 3. The number of carbonyl (C=O) groups excluding carboxylic acids is 3. The zero-order valence-corrected chi connectivity index (χ0v) is 17.3. The summed E-state index contributed by atoms with van der Waals surface area (Å²) in [4.78, 5) is 48.3. The summed E-state index contributed by atoms with van der Waals surface area (Å²) >= 11 is 0. The Hall–Kier alpha value is -2.58. The van der Waals surface area contributed by atoms with Gasteiger partial charge in [0.1, 0.15) is 16.8 Å². The predicted molar refractivity (Wildman–Crippen MR) is 95.3 cm³/mol. The molecule has 0 spiro atoms. The van der Waals surface area contributed by atoms with Gasteiger partial charge < -0.3 is 14.2 Å².